The van der Waals surface area contributed by atoms with Gasteiger partial charge in [-0.05, 0) is 18.9 Å². The van der Waals surface area contributed by atoms with E-state index in [2.05, 4.69) is 45.3 Å². The van der Waals surface area contributed by atoms with E-state index >= 15 is 0 Å². The SMILES string of the molecule is CC(C)CNCC1CCOC1c1csc(C(C)(C)C)n1. The number of aromatic nitrogens is 1. The first-order valence-electron chi connectivity index (χ1n) is 7.66. The topological polar surface area (TPSA) is 34.1 Å². The molecule has 0 bridgehead atoms. The minimum absolute atomic E-state index is 0.132. The number of thiazole rings is 1. The lowest BCUT2D eigenvalue weighted by Gasteiger charge is -2.19. The second-order valence-corrected chi connectivity index (χ2v) is 8.08. The Balaban J connectivity index is 1.98. The summed E-state index contributed by atoms with van der Waals surface area (Å²) in [6.07, 6.45) is 1.32. The van der Waals surface area contributed by atoms with Crippen LogP contribution in [-0.4, -0.2) is 24.7 Å². The van der Waals surface area contributed by atoms with E-state index < -0.39 is 0 Å². The zero-order valence-electron chi connectivity index (χ0n) is 13.4. The predicted octanol–water partition coefficient (Wildman–Crippen LogP) is 3.76. The molecule has 1 fully saturated rings. The fraction of sp³-hybridized carbons (Fsp3) is 0.812. The van der Waals surface area contributed by atoms with Crippen LogP contribution in [0.15, 0.2) is 5.38 Å². The fourth-order valence-corrected chi connectivity index (χ4v) is 3.42. The van der Waals surface area contributed by atoms with Gasteiger partial charge in [0, 0.05) is 29.9 Å². The van der Waals surface area contributed by atoms with Crippen molar-refractivity contribution in [3.05, 3.63) is 16.1 Å². The Kier molecular flexibility index (Phi) is 5.21. The average molecular weight is 296 g/mol. The molecule has 0 saturated carbocycles. The molecular formula is C16H28N2OS. The normalized spacial score (nSPS) is 23.7. The van der Waals surface area contributed by atoms with Gasteiger partial charge in [0.2, 0.25) is 0 Å². The summed E-state index contributed by atoms with van der Waals surface area (Å²) in [6.45, 7) is 14.1. The van der Waals surface area contributed by atoms with Crippen molar-refractivity contribution in [2.75, 3.05) is 19.7 Å². The lowest BCUT2D eigenvalue weighted by molar-refractivity contribution is 0.0872. The van der Waals surface area contributed by atoms with Crippen LogP contribution in [0.2, 0.25) is 0 Å². The van der Waals surface area contributed by atoms with E-state index in [1.807, 2.05) is 0 Å². The number of hydrogen-bond donors (Lipinski definition) is 1. The van der Waals surface area contributed by atoms with Gasteiger partial charge >= 0.3 is 0 Å². The third-order valence-corrected chi connectivity index (χ3v) is 4.91. The van der Waals surface area contributed by atoms with E-state index in [0.29, 0.717) is 11.8 Å². The van der Waals surface area contributed by atoms with Gasteiger partial charge in [-0.3, -0.25) is 0 Å². The Hall–Kier alpha value is -0.450. The highest BCUT2D eigenvalue weighted by Crippen LogP contribution is 2.36. The standard InChI is InChI=1S/C16H28N2OS/c1-11(2)8-17-9-12-6-7-19-14(12)13-10-20-15(18-13)16(3,4)5/h10-12,14,17H,6-9H2,1-5H3. The maximum atomic E-state index is 5.94. The molecule has 1 aromatic heterocycles. The van der Waals surface area contributed by atoms with Crippen LogP contribution in [0.3, 0.4) is 0 Å². The Morgan fingerprint density at radius 2 is 2.20 bits per heavy atom. The molecule has 2 atom stereocenters. The quantitative estimate of drug-likeness (QED) is 0.898. The van der Waals surface area contributed by atoms with Gasteiger partial charge in [-0.1, -0.05) is 34.6 Å². The minimum atomic E-state index is 0.132. The molecular weight excluding hydrogens is 268 g/mol. The van der Waals surface area contributed by atoms with Crippen molar-refractivity contribution in [3.8, 4) is 0 Å². The van der Waals surface area contributed by atoms with Crippen molar-refractivity contribution < 1.29 is 4.74 Å². The molecule has 2 heterocycles. The maximum Gasteiger partial charge on any atom is 0.104 e. The largest absolute Gasteiger partial charge is 0.372 e. The van der Waals surface area contributed by atoms with Crippen molar-refractivity contribution in [2.45, 2.75) is 52.6 Å². The first-order valence-corrected chi connectivity index (χ1v) is 8.54. The summed E-state index contributed by atoms with van der Waals surface area (Å²) in [5.41, 5.74) is 1.26. The van der Waals surface area contributed by atoms with Gasteiger partial charge in [0.15, 0.2) is 0 Å². The monoisotopic (exact) mass is 296 g/mol. The van der Waals surface area contributed by atoms with E-state index in [-0.39, 0.29) is 11.5 Å². The smallest absolute Gasteiger partial charge is 0.104 e. The third-order valence-electron chi connectivity index (χ3n) is 3.63. The average Bonchev–Trinajstić information content (AvgIpc) is 2.93. The molecule has 3 nitrogen and oxygen atoms in total. The molecule has 1 aliphatic heterocycles. The van der Waals surface area contributed by atoms with Crippen LogP contribution in [0, 0.1) is 11.8 Å². The van der Waals surface area contributed by atoms with E-state index in [0.717, 1.165) is 31.8 Å². The van der Waals surface area contributed by atoms with Crippen LogP contribution in [0.4, 0.5) is 0 Å². The molecule has 114 valence electrons. The Bertz CT molecular complexity index is 422. The predicted molar refractivity (Wildman–Crippen MR) is 85.3 cm³/mol. The first kappa shape index (κ1) is 15.9. The highest BCUT2D eigenvalue weighted by atomic mass is 32.1. The van der Waals surface area contributed by atoms with Gasteiger partial charge in [-0.15, -0.1) is 11.3 Å². The molecule has 1 aromatic rings. The number of rotatable bonds is 5. The zero-order chi connectivity index (χ0) is 14.8. The molecule has 0 aromatic carbocycles. The van der Waals surface area contributed by atoms with Crippen LogP contribution >= 0.6 is 11.3 Å². The summed E-state index contributed by atoms with van der Waals surface area (Å²) in [6, 6.07) is 0. The maximum absolute atomic E-state index is 5.94. The van der Waals surface area contributed by atoms with E-state index in [9.17, 15) is 0 Å². The number of ether oxygens (including phenoxy) is 1. The lowest BCUT2D eigenvalue weighted by atomic mass is 9.97. The van der Waals surface area contributed by atoms with E-state index in [1.54, 1.807) is 11.3 Å². The van der Waals surface area contributed by atoms with Crippen molar-refractivity contribution >= 4 is 11.3 Å². The molecule has 2 rings (SSSR count). The number of hydrogen-bond acceptors (Lipinski definition) is 4. The second-order valence-electron chi connectivity index (χ2n) is 7.22. The highest BCUT2D eigenvalue weighted by Gasteiger charge is 2.32. The molecule has 1 saturated heterocycles. The van der Waals surface area contributed by atoms with Crippen molar-refractivity contribution in [2.24, 2.45) is 11.8 Å². The van der Waals surface area contributed by atoms with Crippen LogP contribution < -0.4 is 5.32 Å². The Labute approximate surface area is 127 Å². The molecule has 1 N–H and O–H groups in total. The van der Waals surface area contributed by atoms with Gasteiger partial charge in [0.25, 0.3) is 0 Å². The van der Waals surface area contributed by atoms with Gasteiger partial charge in [-0.25, -0.2) is 4.98 Å². The number of nitrogens with zero attached hydrogens (tertiary/aromatic N) is 1. The molecule has 4 heteroatoms. The summed E-state index contributed by atoms with van der Waals surface area (Å²) >= 11 is 1.76. The minimum Gasteiger partial charge on any atom is -0.372 e. The molecule has 0 spiro atoms. The second kappa shape index (κ2) is 6.54. The molecule has 20 heavy (non-hydrogen) atoms. The summed E-state index contributed by atoms with van der Waals surface area (Å²) < 4.78 is 5.94. The summed E-state index contributed by atoms with van der Waals surface area (Å²) in [5, 5.41) is 6.95. The van der Waals surface area contributed by atoms with Gasteiger partial charge in [0.1, 0.15) is 6.10 Å². The first-order chi connectivity index (χ1) is 9.38. The lowest BCUT2D eigenvalue weighted by Crippen LogP contribution is -2.28. The molecule has 0 radical (unpaired) electrons. The van der Waals surface area contributed by atoms with Gasteiger partial charge in [-0.2, -0.15) is 0 Å². The summed E-state index contributed by atoms with van der Waals surface area (Å²) in [5.74, 6) is 1.26. The van der Waals surface area contributed by atoms with Crippen LogP contribution in [-0.2, 0) is 10.2 Å². The molecule has 0 amide bonds. The van der Waals surface area contributed by atoms with Gasteiger partial charge < -0.3 is 10.1 Å². The molecule has 0 aliphatic carbocycles. The zero-order valence-corrected chi connectivity index (χ0v) is 14.2. The van der Waals surface area contributed by atoms with Crippen molar-refractivity contribution in [1.29, 1.82) is 0 Å². The van der Waals surface area contributed by atoms with Crippen LogP contribution in [0.1, 0.15) is 57.8 Å². The van der Waals surface area contributed by atoms with Crippen LogP contribution in [0.5, 0.6) is 0 Å². The van der Waals surface area contributed by atoms with E-state index in [1.165, 1.54) is 5.01 Å². The highest BCUT2D eigenvalue weighted by molar-refractivity contribution is 7.09. The molecule has 2 unspecified atom stereocenters. The van der Waals surface area contributed by atoms with Gasteiger partial charge in [0.05, 0.1) is 10.7 Å². The fourth-order valence-electron chi connectivity index (χ4n) is 2.49. The van der Waals surface area contributed by atoms with E-state index in [4.69, 9.17) is 9.72 Å². The van der Waals surface area contributed by atoms with Crippen molar-refractivity contribution in [1.82, 2.24) is 10.3 Å². The summed E-state index contributed by atoms with van der Waals surface area (Å²) in [4.78, 5) is 4.82. The Morgan fingerprint density at radius 3 is 2.80 bits per heavy atom. The third kappa shape index (κ3) is 4.03. The number of nitrogens with one attached hydrogen (secondary N) is 1. The summed E-state index contributed by atoms with van der Waals surface area (Å²) in [7, 11) is 0. The molecule has 1 aliphatic rings. The Morgan fingerprint density at radius 1 is 1.45 bits per heavy atom. The van der Waals surface area contributed by atoms with Crippen LogP contribution in [0.25, 0.3) is 0 Å². The van der Waals surface area contributed by atoms with Crippen molar-refractivity contribution in [3.63, 3.8) is 0 Å².